The molecule has 0 unspecified atom stereocenters. The Kier molecular flexibility index (Phi) is 4.67. The molecule has 0 spiro atoms. The zero-order valence-corrected chi connectivity index (χ0v) is 14.7. The minimum atomic E-state index is -0.509. The first-order valence-corrected chi connectivity index (χ1v) is 8.17. The summed E-state index contributed by atoms with van der Waals surface area (Å²) in [6, 6.07) is 10.7. The fourth-order valence-corrected chi connectivity index (χ4v) is 2.96. The molecule has 6 nitrogen and oxygen atoms in total. The summed E-state index contributed by atoms with van der Waals surface area (Å²) in [7, 11) is 1.51. The van der Waals surface area contributed by atoms with Crippen molar-refractivity contribution in [2.45, 2.75) is 13.5 Å². The molecule has 0 bridgehead atoms. The van der Waals surface area contributed by atoms with E-state index in [9.17, 15) is 9.59 Å². The standard InChI is InChI=1S/C18H17N3O3S/c1-3-20-10-6-7-12(20)11-13-16(22)19-18(25)21(17(13)23)14-8-4-5-9-15(14)24-2/h4-11H,3H2,1-2H3,(H,19,22,25)/b13-11+. The van der Waals surface area contributed by atoms with Crippen LogP contribution >= 0.6 is 12.2 Å². The van der Waals surface area contributed by atoms with Gasteiger partial charge in [0.1, 0.15) is 11.3 Å². The second-order valence-corrected chi connectivity index (χ2v) is 5.74. The number of aromatic nitrogens is 1. The molecule has 1 saturated heterocycles. The van der Waals surface area contributed by atoms with Crippen LogP contribution in [0.3, 0.4) is 0 Å². The Morgan fingerprint density at radius 3 is 2.68 bits per heavy atom. The second-order valence-electron chi connectivity index (χ2n) is 5.35. The first-order chi connectivity index (χ1) is 12.1. The maximum Gasteiger partial charge on any atom is 0.270 e. The number of hydrogen-bond donors (Lipinski definition) is 1. The van der Waals surface area contributed by atoms with E-state index in [2.05, 4.69) is 5.32 Å². The molecule has 2 amide bonds. The molecule has 1 aromatic carbocycles. The predicted molar refractivity (Wildman–Crippen MR) is 99.3 cm³/mol. The number of nitrogens with zero attached hydrogens (tertiary/aromatic N) is 2. The van der Waals surface area contributed by atoms with Crippen molar-refractivity contribution in [2.75, 3.05) is 12.0 Å². The lowest BCUT2D eigenvalue weighted by Crippen LogP contribution is -2.54. The van der Waals surface area contributed by atoms with Gasteiger partial charge in [-0.1, -0.05) is 12.1 Å². The Bertz CT molecular complexity index is 885. The molecule has 0 aliphatic carbocycles. The Morgan fingerprint density at radius 1 is 1.20 bits per heavy atom. The van der Waals surface area contributed by atoms with Crippen molar-refractivity contribution in [3.63, 3.8) is 0 Å². The molecule has 3 rings (SSSR count). The summed E-state index contributed by atoms with van der Waals surface area (Å²) in [5.74, 6) is -0.502. The number of carbonyl (C=O) groups excluding carboxylic acids is 2. The van der Waals surface area contributed by atoms with Gasteiger partial charge in [0.2, 0.25) is 0 Å². The summed E-state index contributed by atoms with van der Waals surface area (Å²) < 4.78 is 7.25. The molecular weight excluding hydrogens is 338 g/mol. The number of thiocarbonyl (C=S) groups is 1. The van der Waals surface area contributed by atoms with E-state index in [1.165, 1.54) is 12.0 Å². The third kappa shape index (κ3) is 3.06. The van der Waals surface area contributed by atoms with Crippen molar-refractivity contribution in [3.8, 4) is 5.75 Å². The number of anilines is 1. The fraction of sp³-hybridized carbons (Fsp3) is 0.167. The number of methoxy groups -OCH3 is 1. The van der Waals surface area contributed by atoms with Crippen molar-refractivity contribution < 1.29 is 14.3 Å². The van der Waals surface area contributed by atoms with E-state index in [-0.39, 0.29) is 10.7 Å². The van der Waals surface area contributed by atoms with Gasteiger partial charge in [-0.25, -0.2) is 4.90 Å². The van der Waals surface area contributed by atoms with Crippen LogP contribution in [-0.2, 0) is 16.1 Å². The largest absolute Gasteiger partial charge is 0.495 e. The Morgan fingerprint density at radius 2 is 1.96 bits per heavy atom. The lowest BCUT2D eigenvalue weighted by atomic mass is 10.1. The first kappa shape index (κ1) is 16.9. The SMILES string of the molecule is CCn1cccc1/C=C1\C(=O)NC(=S)N(c2ccccc2OC)C1=O. The molecule has 1 aliphatic rings. The minimum Gasteiger partial charge on any atom is -0.495 e. The van der Waals surface area contributed by atoms with Crippen molar-refractivity contribution in [3.05, 3.63) is 53.9 Å². The van der Waals surface area contributed by atoms with Gasteiger partial charge in [0.05, 0.1) is 12.8 Å². The Hall–Kier alpha value is -2.93. The van der Waals surface area contributed by atoms with Crippen LogP contribution in [0.4, 0.5) is 5.69 Å². The van der Waals surface area contributed by atoms with Crippen LogP contribution in [0.1, 0.15) is 12.6 Å². The molecule has 1 N–H and O–H groups in total. The summed E-state index contributed by atoms with van der Waals surface area (Å²) in [5.41, 5.74) is 1.28. The minimum absolute atomic E-state index is 0.0212. The van der Waals surface area contributed by atoms with Gasteiger partial charge in [-0.3, -0.25) is 14.9 Å². The molecule has 1 fully saturated rings. The molecule has 1 aliphatic heterocycles. The second kappa shape index (κ2) is 6.90. The summed E-state index contributed by atoms with van der Waals surface area (Å²) in [4.78, 5) is 26.6. The highest BCUT2D eigenvalue weighted by Crippen LogP contribution is 2.30. The highest BCUT2D eigenvalue weighted by atomic mass is 32.1. The van der Waals surface area contributed by atoms with E-state index in [0.29, 0.717) is 11.4 Å². The molecule has 0 radical (unpaired) electrons. The number of rotatable bonds is 4. The van der Waals surface area contributed by atoms with Crippen LogP contribution in [0.25, 0.3) is 6.08 Å². The summed E-state index contributed by atoms with van der Waals surface area (Å²) in [6.45, 7) is 2.72. The summed E-state index contributed by atoms with van der Waals surface area (Å²) in [5, 5.41) is 2.60. The van der Waals surface area contributed by atoms with Crippen molar-refractivity contribution in [1.82, 2.24) is 9.88 Å². The summed E-state index contributed by atoms with van der Waals surface area (Å²) >= 11 is 5.21. The number of aryl methyl sites for hydroxylation is 1. The van der Waals surface area contributed by atoms with Gasteiger partial charge in [-0.05, 0) is 49.5 Å². The maximum absolute atomic E-state index is 13.0. The summed E-state index contributed by atoms with van der Waals surface area (Å²) in [6.07, 6.45) is 3.46. The zero-order valence-electron chi connectivity index (χ0n) is 13.9. The van der Waals surface area contributed by atoms with E-state index in [1.54, 1.807) is 30.3 Å². The smallest absolute Gasteiger partial charge is 0.270 e. The molecule has 7 heteroatoms. The van der Waals surface area contributed by atoms with E-state index in [0.717, 1.165) is 12.2 Å². The topological polar surface area (TPSA) is 63.6 Å². The number of hydrogen-bond acceptors (Lipinski definition) is 4. The van der Waals surface area contributed by atoms with Crippen molar-refractivity contribution >= 4 is 40.9 Å². The van der Waals surface area contributed by atoms with Gasteiger partial charge in [-0.15, -0.1) is 0 Å². The molecule has 0 atom stereocenters. The lowest BCUT2D eigenvalue weighted by molar-refractivity contribution is -0.122. The van der Waals surface area contributed by atoms with Crippen LogP contribution < -0.4 is 15.0 Å². The first-order valence-electron chi connectivity index (χ1n) is 7.76. The number of benzene rings is 1. The monoisotopic (exact) mass is 355 g/mol. The van der Waals surface area contributed by atoms with Crippen LogP contribution in [0, 0.1) is 0 Å². The molecule has 128 valence electrons. The number of amides is 2. The van der Waals surface area contributed by atoms with Crippen molar-refractivity contribution in [2.24, 2.45) is 0 Å². The van der Waals surface area contributed by atoms with Crippen LogP contribution in [-0.4, -0.2) is 28.6 Å². The van der Waals surface area contributed by atoms with E-state index in [1.807, 2.05) is 29.8 Å². The zero-order chi connectivity index (χ0) is 18.0. The Labute approximate surface area is 150 Å². The predicted octanol–water partition coefficient (Wildman–Crippen LogP) is 2.35. The van der Waals surface area contributed by atoms with Crippen LogP contribution in [0.2, 0.25) is 0 Å². The van der Waals surface area contributed by atoms with Gasteiger partial charge >= 0.3 is 0 Å². The molecule has 1 aromatic heterocycles. The molecule has 2 aromatic rings. The molecular formula is C18H17N3O3S. The Balaban J connectivity index is 2.06. The van der Waals surface area contributed by atoms with Gasteiger partial charge < -0.3 is 9.30 Å². The van der Waals surface area contributed by atoms with E-state index < -0.39 is 11.8 Å². The quantitative estimate of drug-likeness (QED) is 0.519. The fourth-order valence-electron chi connectivity index (χ4n) is 2.68. The van der Waals surface area contributed by atoms with E-state index >= 15 is 0 Å². The average Bonchev–Trinajstić information content (AvgIpc) is 3.06. The number of carbonyl (C=O) groups is 2. The number of nitrogens with one attached hydrogen (secondary N) is 1. The molecule has 25 heavy (non-hydrogen) atoms. The number of ether oxygens (including phenoxy) is 1. The van der Waals surface area contributed by atoms with Crippen molar-refractivity contribution in [1.29, 1.82) is 0 Å². The molecule has 2 heterocycles. The number of para-hydroxylation sites is 2. The third-order valence-electron chi connectivity index (χ3n) is 3.93. The van der Waals surface area contributed by atoms with Gasteiger partial charge in [-0.2, -0.15) is 0 Å². The average molecular weight is 355 g/mol. The van der Waals surface area contributed by atoms with Gasteiger partial charge in [0.15, 0.2) is 5.11 Å². The highest BCUT2D eigenvalue weighted by molar-refractivity contribution is 7.80. The third-order valence-corrected chi connectivity index (χ3v) is 4.21. The highest BCUT2D eigenvalue weighted by Gasteiger charge is 2.35. The normalized spacial score (nSPS) is 16.3. The van der Waals surface area contributed by atoms with Gasteiger partial charge in [0, 0.05) is 18.4 Å². The van der Waals surface area contributed by atoms with Crippen LogP contribution in [0.15, 0.2) is 48.2 Å². The van der Waals surface area contributed by atoms with E-state index in [4.69, 9.17) is 17.0 Å². The molecule has 0 saturated carbocycles. The lowest BCUT2D eigenvalue weighted by Gasteiger charge is -2.29. The van der Waals surface area contributed by atoms with Crippen LogP contribution in [0.5, 0.6) is 5.75 Å². The maximum atomic E-state index is 13.0. The van der Waals surface area contributed by atoms with Gasteiger partial charge in [0.25, 0.3) is 11.8 Å².